The van der Waals surface area contributed by atoms with Crippen molar-refractivity contribution < 1.29 is 9.53 Å². The third kappa shape index (κ3) is 3.76. The van der Waals surface area contributed by atoms with Crippen LogP contribution >= 0.6 is 0 Å². The molecule has 1 aromatic rings. The first-order valence-electron chi connectivity index (χ1n) is 5.58. The zero-order chi connectivity index (χ0) is 13.4. The molecule has 0 heterocycles. The van der Waals surface area contributed by atoms with E-state index in [0.717, 1.165) is 11.1 Å². The van der Waals surface area contributed by atoms with Gasteiger partial charge in [-0.05, 0) is 23.6 Å². The Labute approximate surface area is 106 Å². The number of nitrogens with one attached hydrogen (secondary N) is 1. The van der Waals surface area contributed by atoms with Gasteiger partial charge in [0.05, 0.1) is 7.11 Å². The summed E-state index contributed by atoms with van der Waals surface area (Å²) in [6.07, 6.45) is 0. The molecule has 1 N–H and O–H groups in total. The maximum atomic E-state index is 11.7. The summed E-state index contributed by atoms with van der Waals surface area (Å²) in [4.78, 5) is 14.4. The largest absolute Gasteiger partial charge is 0.468 e. The van der Waals surface area contributed by atoms with Gasteiger partial charge in [0.2, 0.25) is 0 Å². The van der Waals surface area contributed by atoms with Crippen LogP contribution in [0.25, 0.3) is 10.4 Å². The highest BCUT2D eigenvalue weighted by molar-refractivity contribution is 5.78. The van der Waals surface area contributed by atoms with Gasteiger partial charge in [0.1, 0.15) is 6.04 Å². The summed E-state index contributed by atoms with van der Waals surface area (Å²) in [5.74, 6) is -0.356. The first-order valence-corrected chi connectivity index (χ1v) is 5.58. The van der Waals surface area contributed by atoms with Gasteiger partial charge in [-0.3, -0.25) is 0 Å². The fourth-order valence-corrected chi connectivity index (χ4v) is 1.65. The third-order valence-electron chi connectivity index (χ3n) is 2.56. The molecule has 0 aliphatic heterocycles. The Kier molecular flexibility index (Phi) is 5.70. The Bertz CT molecular complexity index is 455. The van der Waals surface area contributed by atoms with Crippen molar-refractivity contribution in [2.75, 3.05) is 20.2 Å². The summed E-state index contributed by atoms with van der Waals surface area (Å²) in [5, 5.41) is 6.43. The number of hydrogen-bond acceptors (Lipinski definition) is 4. The van der Waals surface area contributed by atoms with E-state index in [0.29, 0.717) is 6.54 Å². The summed E-state index contributed by atoms with van der Waals surface area (Å²) in [6, 6.07) is 7.04. The number of esters is 1. The number of benzene rings is 1. The monoisotopic (exact) mass is 248 g/mol. The highest BCUT2D eigenvalue weighted by Crippen LogP contribution is 2.18. The predicted octanol–water partition coefficient (Wildman–Crippen LogP) is 2.11. The number of rotatable bonds is 6. The second-order valence-corrected chi connectivity index (χ2v) is 3.72. The molecular formula is C12H16N4O2. The molecule has 6 heteroatoms. The lowest BCUT2D eigenvalue weighted by atomic mass is 10.0. The van der Waals surface area contributed by atoms with Crippen LogP contribution in [0.5, 0.6) is 0 Å². The minimum absolute atomic E-state index is 0.288. The Morgan fingerprint density at radius 1 is 1.56 bits per heavy atom. The van der Waals surface area contributed by atoms with E-state index in [1.807, 2.05) is 31.2 Å². The van der Waals surface area contributed by atoms with Crippen LogP contribution in [0.1, 0.15) is 17.2 Å². The lowest BCUT2D eigenvalue weighted by Crippen LogP contribution is -2.31. The molecular weight excluding hydrogens is 232 g/mol. The fourth-order valence-electron chi connectivity index (χ4n) is 1.65. The Morgan fingerprint density at radius 2 is 2.28 bits per heavy atom. The van der Waals surface area contributed by atoms with Gasteiger partial charge in [0.25, 0.3) is 0 Å². The van der Waals surface area contributed by atoms with Crippen molar-refractivity contribution in [2.24, 2.45) is 5.11 Å². The number of carbonyl (C=O) groups is 1. The summed E-state index contributed by atoms with van der Waals surface area (Å²) in [6.45, 7) is 2.63. The van der Waals surface area contributed by atoms with E-state index in [9.17, 15) is 4.79 Å². The first kappa shape index (κ1) is 14.0. The molecule has 1 aromatic carbocycles. The minimum Gasteiger partial charge on any atom is -0.468 e. The van der Waals surface area contributed by atoms with Gasteiger partial charge in [0.15, 0.2) is 0 Å². The van der Waals surface area contributed by atoms with Gasteiger partial charge in [-0.25, -0.2) is 4.79 Å². The highest BCUT2D eigenvalue weighted by Gasteiger charge is 2.21. The molecule has 0 amide bonds. The number of aryl methyl sites for hydroxylation is 1. The number of ether oxygens (including phenoxy) is 1. The number of carbonyl (C=O) groups excluding carboxylic acids is 1. The SMILES string of the molecule is COC(=O)C(NCCN=[N+]=[N-])c1ccccc1C. The predicted molar refractivity (Wildman–Crippen MR) is 68.0 cm³/mol. The van der Waals surface area contributed by atoms with Crippen LogP contribution < -0.4 is 5.32 Å². The zero-order valence-corrected chi connectivity index (χ0v) is 10.5. The van der Waals surface area contributed by atoms with E-state index in [2.05, 4.69) is 15.3 Å². The standard InChI is InChI=1S/C12H16N4O2/c1-9-5-3-4-6-10(9)11(12(17)18-2)14-7-8-15-16-13/h3-6,11,14H,7-8H2,1-2H3. The molecule has 1 unspecified atom stereocenters. The van der Waals surface area contributed by atoms with E-state index in [-0.39, 0.29) is 12.5 Å². The normalized spacial score (nSPS) is 11.4. The summed E-state index contributed by atoms with van der Waals surface area (Å²) >= 11 is 0. The Hall–Kier alpha value is -2.04. The minimum atomic E-state index is -0.537. The van der Waals surface area contributed by atoms with E-state index >= 15 is 0 Å². The molecule has 0 aliphatic rings. The number of nitrogens with zero attached hydrogens (tertiary/aromatic N) is 3. The quantitative estimate of drug-likeness (QED) is 0.275. The van der Waals surface area contributed by atoms with Crippen molar-refractivity contribution in [3.63, 3.8) is 0 Å². The zero-order valence-electron chi connectivity index (χ0n) is 10.5. The topological polar surface area (TPSA) is 87.1 Å². The summed E-state index contributed by atoms with van der Waals surface area (Å²) in [7, 11) is 1.35. The summed E-state index contributed by atoms with van der Waals surface area (Å²) in [5.41, 5.74) is 10.1. The molecule has 0 spiro atoms. The molecule has 0 bridgehead atoms. The van der Waals surface area contributed by atoms with Gasteiger partial charge >= 0.3 is 5.97 Å². The molecule has 0 aromatic heterocycles. The van der Waals surface area contributed by atoms with Gasteiger partial charge in [-0.2, -0.15) is 0 Å². The molecule has 96 valence electrons. The molecule has 0 saturated carbocycles. The molecule has 6 nitrogen and oxygen atoms in total. The molecule has 18 heavy (non-hydrogen) atoms. The number of azide groups is 1. The molecule has 1 atom stereocenters. The average Bonchev–Trinajstić information content (AvgIpc) is 2.39. The lowest BCUT2D eigenvalue weighted by Gasteiger charge is -2.18. The van der Waals surface area contributed by atoms with Crippen molar-refractivity contribution in [1.82, 2.24) is 5.32 Å². The van der Waals surface area contributed by atoms with Crippen LogP contribution in [0.3, 0.4) is 0 Å². The van der Waals surface area contributed by atoms with Crippen molar-refractivity contribution in [1.29, 1.82) is 0 Å². The van der Waals surface area contributed by atoms with Crippen molar-refractivity contribution >= 4 is 5.97 Å². The van der Waals surface area contributed by atoms with Crippen LogP contribution in [-0.4, -0.2) is 26.2 Å². The number of hydrogen-bond donors (Lipinski definition) is 1. The van der Waals surface area contributed by atoms with Crippen LogP contribution in [-0.2, 0) is 9.53 Å². The highest BCUT2D eigenvalue weighted by atomic mass is 16.5. The fraction of sp³-hybridized carbons (Fsp3) is 0.417. The van der Waals surface area contributed by atoms with Gasteiger partial charge in [0, 0.05) is 18.0 Å². The van der Waals surface area contributed by atoms with Crippen molar-refractivity contribution in [2.45, 2.75) is 13.0 Å². The Balaban J connectivity index is 2.82. The van der Waals surface area contributed by atoms with Gasteiger partial charge in [-0.1, -0.05) is 29.4 Å². The van der Waals surface area contributed by atoms with E-state index < -0.39 is 6.04 Å². The molecule has 0 saturated heterocycles. The molecule has 0 aliphatic carbocycles. The van der Waals surface area contributed by atoms with Crippen molar-refractivity contribution in [3.05, 3.63) is 45.8 Å². The van der Waals surface area contributed by atoms with E-state index in [1.54, 1.807) is 0 Å². The third-order valence-corrected chi connectivity index (χ3v) is 2.56. The van der Waals surface area contributed by atoms with Gasteiger partial charge < -0.3 is 10.1 Å². The van der Waals surface area contributed by atoms with E-state index in [4.69, 9.17) is 10.3 Å². The molecule has 1 rings (SSSR count). The second kappa shape index (κ2) is 7.32. The lowest BCUT2D eigenvalue weighted by molar-refractivity contribution is -0.143. The number of methoxy groups -OCH3 is 1. The molecule has 0 fully saturated rings. The van der Waals surface area contributed by atoms with E-state index in [1.165, 1.54) is 7.11 Å². The van der Waals surface area contributed by atoms with Crippen LogP contribution in [0.4, 0.5) is 0 Å². The summed E-state index contributed by atoms with van der Waals surface area (Å²) < 4.78 is 4.77. The van der Waals surface area contributed by atoms with Crippen molar-refractivity contribution in [3.8, 4) is 0 Å². The first-order chi connectivity index (χ1) is 8.70. The Morgan fingerprint density at radius 3 is 2.89 bits per heavy atom. The van der Waals surface area contributed by atoms with Crippen LogP contribution in [0.2, 0.25) is 0 Å². The maximum absolute atomic E-state index is 11.7. The molecule has 0 radical (unpaired) electrons. The average molecular weight is 248 g/mol. The maximum Gasteiger partial charge on any atom is 0.327 e. The smallest absolute Gasteiger partial charge is 0.327 e. The van der Waals surface area contributed by atoms with Crippen LogP contribution in [0, 0.1) is 6.92 Å². The van der Waals surface area contributed by atoms with Gasteiger partial charge in [-0.15, -0.1) is 0 Å². The second-order valence-electron chi connectivity index (χ2n) is 3.72. The van der Waals surface area contributed by atoms with Crippen LogP contribution in [0.15, 0.2) is 29.4 Å².